The number of aliphatic hydroxyl groups excluding tert-OH is 4. The van der Waals surface area contributed by atoms with E-state index in [9.17, 15) is 20.4 Å². The normalized spacial score (nSPS) is 11.3. The van der Waals surface area contributed by atoms with Crippen LogP contribution in [-0.4, -0.2) is 25.5 Å². The molecule has 2 aromatic carbocycles. The minimum atomic E-state index is -0.244. The molecule has 2 rings (SSSR count). The van der Waals surface area contributed by atoms with Crippen molar-refractivity contribution in [1.29, 1.82) is 0 Å². The molecular formula is C18H20O5. The minimum Gasteiger partial charge on any atom is -0.508 e. The summed E-state index contributed by atoms with van der Waals surface area (Å²) in [7, 11) is 0. The highest BCUT2D eigenvalue weighted by molar-refractivity contribution is 5.71. The van der Waals surface area contributed by atoms with Crippen LogP contribution in [0.3, 0.4) is 0 Å². The van der Waals surface area contributed by atoms with Crippen LogP contribution in [0.2, 0.25) is 0 Å². The zero-order chi connectivity index (χ0) is 16.8. The van der Waals surface area contributed by atoms with Crippen molar-refractivity contribution in [3.63, 3.8) is 0 Å². The van der Waals surface area contributed by atoms with Gasteiger partial charge < -0.3 is 25.5 Å². The van der Waals surface area contributed by atoms with E-state index in [2.05, 4.69) is 0 Å². The lowest BCUT2D eigenvalue weighted by molar-refractivity contribution is 0.247. The number of aliphatic hydroxyl groups is 4. The van der Waals surface area contributed by atoms with E-state index < -0.39 is 0 Å². The molecule has 0 saturated heterocycles. The summed E-state index contributed by atoms with van der Waals surface area (Å²) in [6.07, 6.45) is 3.56. The molecule has 5 heteroatoms. The summed E-state index contributed by atoms with van der Waals surface area (Å²) in [6, 6.07) is 8.43. The van der Waals surface area contributed by atoms with E-state index in [0.29, 0.717) is 22.3 Å². The molecule has 0 amide bonds. The second-order valence-electron chi connectivity index (χ2n) is 5.17. The Morgan fingerprint density at radius 3 is 1.70 bits per heavy atom. The third-order valence-electron chi connectivity index (χ3n) is 3.70. The zero-order valence-corrected chi connectivity index (χ0v) is 12.6. The number of hydrogen-bond donors (Lipinski definition) is 5. The largest absolute Gasteiger partial charge is 0.508 e. The van der Waals surface area contributed by atoms with E-state index in [1.807, 2.05) is 0 Å². The van der Waals surface area contributed by atoms with Gasteiger partial charge in [-0.15, -0.1) is 0 Å². The molecule has 0 aliphatic rings. The standard InChI is InChI=1S/C18H20O5/c19-8-14-4-3-12(7-18(14)23)1-2-13-5-15(9-20)17(11-22)16(6-13)10-21/h1-7,19-23H,8-11H2/b2-1-. The van der Waals surface area contributed by atoms with Crippen LogP contribution in [0.25, 0.3) is 12.2 Å². The number of hydrogen-bond acceptors (Lipinski definition) is 5. The van der Waals surface area contributed by atoms with Gasteiger partial charge in [-0.2, -0.15) is 0 Å². The predicted molar refractivity (Wildman–Crippen MR) is 87.2 cm³/mol. The molecule has 0 aliphatic carbocycles. The van der Waals surface area contributed by atoms with Gasteiger partial charge in [0, 0.05) is 5.56 Å². The summed E-state index contributed by atoms with van der Waals surface area (Å²) in [5.74, 6) is 0.0253. The molecule has 0 radical (unpaired) electrons. The minimum absolute atomic E-state index is 0.0253. The van der Waals surface area contributed by atoms with Crippen molar-refractivity contribution in [3.8, 4) is 5.75 Å². The lowest BCUT2D eigenvalue weighted by atomic mass is 9.98. The zero-order valence-electron chi connectivity index (χ0n) is 12.6. The van der Waals surface area contributed by atoms with Crippen LogP contribution in [0.1, 0.15) is 33.4 Å². The van der Waals surface area contributed by atoms with Crippen LogP contribution in [0.5, 0.6) is 5.75 Å². The van der Waals surface area contributed by atoms with Gasteiger partial charge in [0.15, 0.2) is 0 Å². The molecule has 23 heavy (non-hydrogen) atoms. The van der Waals surface area contributed by atoms with Crippen molar-refractivity contribution in [3.05, 3.63) is 63.7 Å². The Morgan fingerprint density at radius 1 is 0.652 bits per heavy atom. The van der Waals surface area contributed by atoms with Crippen molar-refractivity contribution in [2.45, 2.75) is 26.4 Å². The highest BCUT2D eigenvalue weighted by atomic mass is 16.3. The fourth-order valence-electron chi connectivity index (χ4n) is 2.42. The lowest BCUT2D eigenvalue weighted by Gasteiger charge is -2.11. The fourth-order valence-corrected chi connectivity index (χ4v) is 2.42. The second kappa shape index (κ2) is 7.89. The average molecular weight is 316 g/mol. The van der Waals surface area contributed by atoms with Crippen LogP contribution in [-0.2, 0) is 26.4 Å². The predicted octanol–water partition coefficient (Wildman–Crippen LogP) is 1.53. The molecule has 0 aliphatic heterocycles. The number of phenols is 1. The third-order valence-corrected chi connectivity index (χ3v) is 3.70. The monoisotopic (exact) mass is 316 g/mol. The fraction of sp³-hybridized carbons (Fsp3) is 0.222. The first-order valence-electron chi connectivity index (χ1n) is 7.21. The van der Waals surface area contributed by atoms with Gasteiger partial charge in [-0.05, 0) is 46.0 Å². The summed E-state index contributed by atoms with van der Waals surface area (Å²) in [4.78, 5) is 0. The first-order valence-corrected chi connectivity index (χ1v) is 7.21. The molecule has 0 saturated carbocycles. The third kappa shape index (κ3) is 3.97. The van der Waals surface area contributed by atoms with Crippen LogP contribution >= 0.6 is 0 Å². The van der Waals surface area contributed by atoms with E-state index in [1.54, 1.807) is 42.5 Å². The van der Waals surface area contributed by atoms with E-state index in [0.717, 1.165) is 11.1 Å². The SMILES string of the molecule is OCc1ccc(/C=C\c2cc(CO)c(CO)c(CO)c2)cc1O. The molecule has 0 atom stereocenters. The maximum absolute atomic E-state index is 9.73. The smallest absolute Gasteiger partial charge is 0.121 e. The summed E-state index contributed by atoms with van der Waals surface area (Å²) in [6.45, 7) is -0.919. The highest BCUT2D eigenvalue weighted by Crippen LogP contribution is 2.22. The number of aromatic hydroxyl groups is 1. The molecule has 0 fully saturated rings. The van der Waals surface area contributed by atoms with Gasteiger partial charge in [0.25, 0.3) is 0 Å². The van der Waals surface area contributed by atoms with Gasteiger partial charge in [-0.25, -0.2) is 0 Å². The first kappa shape index (κ1) is 17.2. The molecule has 2 aromatic rings. The Morgan fingerprint density at radius 2 is 1.22 bits per heavy atom. The van der Waals surface area contributed by atoms with E-state index in [1.165, 1.54) is 0 Å². The summed E-state index contributed by atoms with van der Waals surface area (Å²) < 4.78 is 0. The Hall–Kier alpha value is -2.18. The maximum Gasteiger partial charge on any atom is 0.121 e. The van der Waals surface area contributed by atoms with E-state index in [-0.39, 0.29) is 32.2 Å². The van der Waals surface area contributed by atoms with Crippen LogP contribution in [0.15, 0.2) is 30.3 Å². The molecule has 122 valence electrons. The Balaban J connectivity index is 2.34. The molecular weight excluding hydrogens is 296 g/mol. The van der Waals surface area contributed by atoms with Gasteiger partial charge in [0.05, 0.1) is 26.4 Å². The Labute approximate surface area is 134 Å². The van der Waals surface area contributed by atoms with Crippen molar-refractivity contribution in [1.82, 2.24) is 0 Å². The van der Waals surface area contributed by atoms with Crippen LogP contribution in [0.4, 0.5) is 0 Å². The maximum atomic E-state index is 9.73. The summed E-state index contributed by atoms with van der Waals surface area (Å²) in [5, 5.41) is 46.9. The Bertz CT molecular complexity index is 682. The molecule has 0 aromatic heterocycles. The molecule has 0 bridgehead atoms. The number of rotatable bonds is 6. The van der Waals surface area contributed by atoms with Crippen molar-refractivity contribution in [2.24, 2.45) is 0 Å². The highest BCUT2D eigenvalue weighted by Gasteiger charge is 2.08. The van der Waals surface area contributed by atoms with Crippen molar-refractivity contribution >= 4 is 12.2 Å². The summed E-state index contributed by atoms with van der Waals surface area (Å²) in [5.41, 5.74) is 3.65. The summed E-state index contributed by atoms with van der Waals surface area (Å²) >= 11 is 0. The topological polar surface area (TPSA) is 101 Å². The first-order chi connectivity index (χ1) is 11.1. The van der Waals surface area contributed by atoms with E-state index >= 15 is 0 Å². The second-order valence-corrected chi connectivity index (χ2v) is 5.17. The Kier molecular flexibility index (Phi) is 5.90. The quantitative estimate of drug-likeness (QED) is 0.520. The van der Waals surface area contributed by atoms with Gasteiger partial charge in [-0.3, -0.25) is 0 Å². The average Bonchev–Trinajstić information content (AvgIpc) is 2.58. The number of benzene rings is 2. The van der Waals surface area contributed by atoms with Crippen LogP contribution in [0, 0.1) is 0 Å². The molecule has 5 nitrogen and oxygen atoms in total. The molecule has 0 heterocycles. The van der Waals surface area contributed by atoms with Gasteiger partial charge >= 0.3 is 0 Å². The molecule has 0 unspecified atom stereocenters. The lowest BCUT2D eigenvalue weighted by Crippen LogP contribution is -2.01. The molecule has 0 spiro atoms. The van der Waals surface area contributed by atoms with Gasteiger partial charge in [-0.1, -0.05) is 24.3 Å². The molecule has 5 N–H and O–H groups in total. The van der Waals surface area contributed by atoms with Gasteiger partial charge in [0.1, 0.15) is 5.75 Å². The van der Waals surface area contributed by atoms with Crippen molar-refractivity contribution < 1.29 is 25.5 Å². The van der Waals surface area contributed by atoms with Crippen LogP contribution < -0.4 is 0 Å². The van der Waals surface area contributed by atoms with Gasteiger partial charge in [0.2, 0.25) is 0 Å². The van der Waals surface area contributed by atoms with Crippen molar-refractivity contribution in [2.75, 3.05) is 0 Å². The van der Waals surface area contributed by atoms with E-state index in [4.69, 9.17) is 5.11 Å².